The molecular formula is C21H19FN4O3S. The summed E-state index contributed by atoms with van der Waals surface area (Å²) >= 11 is -1.87. The van der Waals surface area contributed by atoms with Crippen LogP contribution >= 0.6 is 0 Å². The Morgan fingerprint density at radius 2 is 2.00 bits per heavy atom. The van der Waals surface area contributed by atoms with E-state index < -0.39 is 17.2 Å². The first-order valence-corrected chi connectivity index (χ1v) is 10.1. The van der Waals surface area contributed by atoms with Crippen molar-refractivity contribution in [1.29, 1.82) is 0 Å². The van der Waals surface area contributed by atoms with Crippen LogP contribution in [0.25, 0.3) is 10.9 Å². The predicted octanol–water partition coefficient (Wildman–Crippen LogP) is 3.84. The van der Waals surface area contributed by atoms with Crippen LogP contribution in [-0.2, 0) is 17.9 Å². The smallest absolute Gasteiger partial charge is 0.216 e. The van der Waals surface area contributed by atoms with Crippen molar-refractivity contribution in [1.82, 2.24) is 15.0 Å². The fourth-order valence-electron chi connectivity index (χ4n) is 3.10. The molecule has 2 aromatic heterocycles. The summed E-state index contributed by atoms with van der Waals surface area (Å²) in [5.41, 5.74) is 1.38. The molecular weight excluding hydrogens is 407 g/mol. The molecule has 7 nitrogen and oxygen atoms in total. The molecule has 0 bridgehead atoms. The van der Waals surface area contributed by atoms with E-state index in [0.717, 1.165) is 10.9 Å². The van der Waals surface area contributed by atoms with Gasteiger partial charge in [0.2, 0.25) is 4.90 Å². The Bertz CT molecular complexity index is 1160. The molecule has 30 heavy (non-hydrogen) atoms. The van der Waals surface area contributed by atoms with Gasteiger partial charge in [0.1, 0.15) is 29.2 Å². The minimum atomic E-state index is -1.87. The average Bonchev–Trinajstić information content (AvgIpc) is 3.24. The fourth-order valence-corrected chi connectivity index (χ4v) is 4.32. The van der Waals surface area contributed by atoms with Gasteiger partial charge in [-0.3, -0.25) is 0 Å². The largest absolute Gasteiger partial charge is 0.588 e. The quantitative estimate of drug-likeness (QED) is 0.452. The van der Waals surface area contributed by atoms with Crippen LogP contribution in [0.5, 0.6) is 11.5 Å². The highest BCUT2D eigenvalue weighted by molar-refractivity contribution is 7.92. The van der Waals surface area contributed by atoms with Gasteiger partial charge in [-0.25, -0.2) is 14.4 Å². The summed E-state index contributed by atoms with van der Waals surface area (Å²) in [4.78, 5) is 11.2. The lowest BCUT2D eigenvalue weighted by Gasteiger charge is -2.25. The standard InChI is InChI=1S/C21H19FN4O3S/c1-28-16-4-3-15(19(10-16)29-2)12-26(21-6-7-23-13-25-21)30(27)20-9-14-5-8-24-18(14)11-17(20)22/h3-11,13,24H,12H2,1-2H3. The van der Waals surface area contributed by atoms with E-state index in [1.54, 1.807) is 56.9 Å². The van der Waals surface area contributed by atoms with Gasteiger partial charge in [-0.1, -0.05) is 0 Å². The van der Waals surface area contributed by atoms with Crippen LogP contribution in [0.3, 0.4) is 0 Å². The van der Waals surface area contributed by atoms with E-state index in [1.165, 1.54) is 16.7 Å². The first kappa shape index (κ1) is 20.0. The topological polar surface area (TPSA) is 86.3 Å². The van der Waals surface area contributed by atoms with Crippen molar-refractivity contribution >= 4 is 28.1 Å². The lowest BCUT2D eigenvalue weighted by molar-refractivity contribution is 0.391. The van der Waals surface area contributed by atoms with Crippen molar-refractivity contribution in [2.75, 3.05) is 18.5 Å². The van der Waals surface area contributed by atoms with Gasteiger partial charge in [-0.15, -0.1) is 0 Å². The van der Waals surface area contributed by atoms with E-state index in [-0.39, 0.29) is 11.4 Å². The third-order valence-electron chi connectivity index (χ3n) is 4.62. The molecule has 0 fully saturated rings. The number of hydrogen-bond acceptors (Lipinski definition) is 6. The molecule has 9 heteroatoms. The molecule has 4 rings (SSSR count). The summed E-state index contributed by atoms with van der Waals surface area (Å²) in [5.74, 6) is 1.03. The zero-order valence-electron chi connectivity index (χ0n) is 16.3. The number of H-pyrrole nitrogens is 1. The molecule has 0 spiro atoms. The Balaban J connectivity index is 1.76. The van der Waals surface area contributed by atoms with Crippen LogP contribution < -0.4 is 13.8 Å². The van der Waals surface area contributed by atoms with E-state index in [4.69, 9.17) is 9.47 Å². The highest BCUT2D eigenvalue weighted by Crippen LogP contribution is 2.32. The summed E-state index contributed by atoms with van der Waals surface area (Å²) in [5, 5.41) is 0.768. The number of anilines is 1. The van der Waals surface area contributed by atoms with Crippen molar-refractivity contribution in [3.8, 4) is 11.5 Å². The maximum absolute atomic E-state index is 14.8. The molecule has 154 valence electrons. The van der Waals surface area contributed by atoms with E-state index in [1.807, 2.05) is 6.07 Å². The average molecular weight is 426 g/mol. The summed E-state index contributed by atoms with van der Waals surface area (Å²) in [6, 6.07) is 11.7. The minimum absolute atomic E-state index is 0.0631. The number of benzene rings is 2. The molecule has 0 radical (unpaired) electrons. The number of aromatic nitrogens is 3. The van der Waals surface area contributed by atoms with Crippen molar-refractivity contribution in [2.24, 2.45) is 0 Å². The van der Waals surface area contributed by atoms with E-state index in [2.05, 4.69) is 15.0 Å². The number of nitrogens with zero attached hydrogens (tertiary/aromatic N) is 3. The lowest BCUT2D eigenvalue weighted by Crippen LogP contribution is -2.32. The number of methoxy groups -OCH3 is 2. The molecule has 1 atom stereocenters. The molecule has 4 aromatic rings. The normalized spacial score (nSPS) is 12.0. The Hall–Kier alpha value is -3.30. The van der Waals surface area contributed by atoms with Crippen LogP contribution in [0, 0.1) is 5.82 Å². The van der Waals surface area contributed by atoms with Gasteiger partial charge in [-0.05, 0) is 18.2 Å². The number of aromatic amines is 1. The number of nitrogens with one attached hydrogen (secondary N) is 1. The summed E-state index contributed by atoms with van der Waals surface area (Å²) in [6.45, 7) is 0.168. The van der Waals surface area contributed by atoms with Gasteiger partial charge < -0.3 is 19.0 Å². The molecule has 0 aliphatic rings. The second kappa shape index (κ2) is 8.60. The van der Waals surface area contributed by atoms with E-state index >= 15 is 0 Å². The Labute approximate surface area is 175 Å². The molecule has 2 aromatic carbocycles. The van der Waals surface area contributed by atoms with Gasteiger partial charge in [0, 0.05) is 53.1 Å². The Kier molecular flexibility index (Phi) is 5.73. The zero-order valence-corrected chi connectivity index (χ0v) is 17.1. The molecule has 2 heterocycles. The zero-order chi connectivity index (χ0) is 21.1. The van der Waals surface area contributed by atoms with Crippen molar-refractivity contribution in [3.63, 3.8) is 0 Å². The molecule has 0 aliphatic carbocycles. The molecule has 1 unspecified atom stereocenters. The summed E-state index contributed by atoms with van der Waals surface area (Å²) in [6.07, 6.45) is 4.61. The van der Waals surface area contributed by atoms with E-state index in [0.29, 0.717) is 22.8 Å². The third-order valence-corrected chi connectivity index (χ3v) is 6.03. The van der Waals surface area contributed by atoms with Crippen molar-refractivity contribution < 1.29 is 18.4 Å². The lowest BCUT2D eigenvalue weighted by atomic mass is 10.2. The fraction of sp³-hybridized carbons (Fsp3) is 0.143. The van der Waals surface area contributed by atoms with E-state index in [9.17, 15) is 8.94 Å². The summed E-state index contributed by atoms with van der Waals surface area (Å²) in [7, 11) is 3.11. The Morgan fingerprint density at radius 3 is 2.73 bits per heavy atom. The number of rotatable bonds is 7. The number of halogens is 1. The van der Waals surface area contributed by atoms with Crippen LogP contribution in [-0.4, -0.2) is 33.7 Å². The first-order valence-electron chi connectivity index (χ1n) is 9.03. The third kappa shape index (κ3) is 3.89. The Morgan fingerprint density at radius 1 is 1.13 bits per heavy atom. The van der Waals surface area contributed by atoms with Crippen molar-refractivity contribution in [2.45, 2.75) is 11.4 Å². The van der Waals surface area contributed by atoms with Gasteiger partial charge in [0.15, 0.2) is 11.6 Å². The van der Waals surface area contributed by atoms with Gasteiger partial charge in [0.05, 0.1) is 20.8 Å². The van der Waals surface area contributed by atoms with Crippen LogP contribution in [0.1, 0.15) is 5.56 Å². The number of hydrogen-bond donors (Lipinski definition) is 1. The molecule has 0 saturated heterocycles. The van der Waals surface area contributed by atoms with Gasteiger partial charge in [0.25, 0.3) is 0 Å². The first-order chi connectivity index (χ1) is 14.6. The molecule has 0 amide bonds. The van der Waals surface area contributed by atoms with Gasteiger partial charge >= 0.3 is 0 Å². The number of ether oxygens (including phenoxy) is 2. The van der Waals surface area contributed by atoms with Gasteiger partial charge in [-0.2, -0.15) is 4.31 Å². The van der Waals surface area contributed by atoms with Crippen LogP contribution in [0.2, 0.25) is 0 Å². The van der Waals surface area contributed by atoms with Crippen LogP contribution in [0.4, 0.5) is 10.2 Å². The second-order valence-electron chi connectivity index (χ2n) is 6.38. The summed E-state index contributed by atoms with van der Waals surface area (Å²) < 4.78 is 40.5. The number of fused-ring (bicyclic) bond motifs is 1. The maximum Gasteiger partial charge on any atom is 0.216 e. The monoisotopic (exact) mass is 426 g/mol. The second-order valence-corrected chi connectivity index (χ2v) is 7.76. The van der Waals surface area contributed by atoms with Crippen molar-refractivity contribution in [3.05, 3.63) is 72.6 Å². The van der Waals surface area contributed by atoms with Crippen LogP contribution in [0.15, 0.2) is 66.1 Å². The minimum Gasteiger partial charge on any atom is -0.588 e. The highest BCUT2D eigenvalue weighted by atomic mass is 32.2. The molecule has 1 N–H and O–H groups in total. The maximum atomic E-state index is 14.8. The SMILES string of the molecule is COc1ccc(CN(c2ccncn2)[S+]([O-])c2cc3cc[nH]c3cc2F)c(OC)c1. The molecule has 0 aliphatic heterocycles. The molecule has 0 saturated carbocycles. The predicted molar refractivity (Wildman–Crippen MR) is 112 cm³/mol. The highest BCUT2D eigenvalue weighted by Gasteiger charge is 2.29.